The zero-order chi connectivity index (χ0) is 22.1. The number of ether oxygens (including phenoxy) is 1. The number of alkyl halides is 3. The average molecular weight is 441 g/mol. The van der Waals surface area contributed by atoms with Crippen LogP contribution in [0.1, 0.15) is 24.1 Å². The summed E-state index contributed by atoms with van der Waals surface area (Å²) in [5.74, 6) is -4.95. The summed E-state index contributed by atoms with van der Waals surface area (Å²) in [6.45, 7) is 3.23. The molecular weight excluding hydrogens is 425 g/mol. The Morgan fingerprint density at radius 1 is 1.19 bits per heavy atom. The summed E-state index contributed by atoms with van der Waals surface area (Å²) in [5, 5.41) is 13.7. The molecule has 1 N–H and O–H groups in total. The van der Waals surface area contributed by atoms with Gasteiger partial charge in [-0.25, -0.2) is 23.4 Å². The van der Waals surface area contributed by atoms with E-state index in [1.807, 2.05) is 4.90 Å². The van der Waals surface area contributed by atoms with Crippen LogP contribution < -0.4 is 4.90 Å². The summed E-state index contributed by atoms with van der Waals surface area (Å²) < 4.78 is 74.3. The number of rotatable bonds is 2. The lowest BCUT2D eigenvalue weighted by Gasteiger charge is -2.36. The number of phenolic OH excluding ortho intramolecular Hbond substituents is 1. The first-order valence-corrected chi connectivity index (χ1v) is 9.49. The lowest BCUT2D eigenvalue weighted by Crippen LogP contribution is -2.48. The minimum Gasteiger partial charge on any atom is -0.503 e. The minimum atomic E-state index is -5.14. The van der Waals surface area contributed by atoms with Crippen molar-refractivity contribution in [3.63, 3.8) is 0 Å². The Hall–Kier alpha value is -3.02. The third-order valence-corrected chi connectivity index (χ3v) is 5.74. The van der Waals surface area contributed by atoms with Crippen molar-refractivity contribution in [3.05, 3.63) is 35.2 Å². The molecular formula is C19H16F5N5O2. The molecule has 12 heteroatoms. The largest absolute Gasteiger partial charge is 0.503 e. The molecule has 1 saturated carbocycles. The highest BCUT2D eigenvalue weighted by Crippen LogP contribution is 2.45. The highest BCUT2D eigenvalue weighted by molar-refractivity contribution is 5.80. The van der Waals surface area contributed by atoms with Crippen LogP contribution in [0.25, 0.3) is 16.7 Å². The first-order valence-electron chi connectivity index (χ1n) is 9.49. The van der Waals surface area contributed by atoms with Gasteiger partial charge in [0.2, 0.25) is 5.95 Å². The monoisotopic (exact) mass is 441 g/mol. The van der Waals surface area contributed by atoms with E-state index in [4.69, 9.17) is 4.74 Å². The van der Waals surface area contributed by atoms with Crippen LogP contribution in [0.2, 0.25) is 0 Å². The van der Waals surface area contributed by atoms with Crippen LogP contribution in [0, 0.1) is 18.6 Å². The zero-order valence-corrected chi connectivity index (χ0v) is 16.2. The Balaban J connectivity index is 1.65. The van der Waals surface area contributed by atoms with Gasteiger partial charge in [0.25, 0.3) is 0 Å². The predicted octanol–water partition coefficient (Wildman–Crippen LogP) is 3.50. The minimum absolute atomic E-state index is 0.123. The number of hydrogen-bond donors (Lipinski definition) is 1. The molecule has 31 heavy (non-hydrogen) atoms. The molecule has 3 heterocycles. The summed E-state index contributed by atoms with van der Waals surface area (Å²) in [4.78, 5) is 10.9. The van der Waals surface area contributed by atoms with Gasteiger partial charge in [0.1, 0.15) is 16.7 Å². The topological polar surface area (TPSA) is 76.3 Å². The van der Waals surface area contributed by atoms with Crippen molar-refractivity contribution in [2.24, 2.45) is 0 Å². The van der Waals surface area contributed by atoms with E-state index in [1.54, 1.807) is 6.92 Å². The van der Waals surface area contributed by atoms with Gasteiger partial charge in [0, 0.05) is 6.54 Å². The molecule has 1 spiro atoms. The van der Waals surface area contributed by atoms with Crippen molar-refractivity contribution in [2.75, 3.05) is 24.7 Å². The van der Waals surface area contributed by atoms with Crippen molar-refractivity contribution in [3.8, 4) is 11.4 Å². The Kier molecular flexibility index (Phi) is 4.17. The van der Waals surface area contributed by atoms with Gasteiger partial charge in [-0.3, -0.25) is 0 Å². The molecule has 1 aromatic carbocycles. The normalized spacial score (nSPS) is 18.2. The summed E-state index contributed by atoms with van der Waals surface area (Å²) in [7, 11) is 0. The molecule has 7 nitrogen and oxygen atoms in total. The van der Waals surface area contributed by atoms with Gasteiger partial charge >= 0.3 is 6.18 Å². The van der Waals surface area contributed by atoms with E-state index in [9.17, 15) is 27.1 Å². The number of morpholine rings is 1. The van der Waals surface area contributed by atoms with Crippen LogP contribution in [0.3, 0.4) is 0 Å². The van der Waals surface area contributed by atoms with Crippen molar-refractivity contribution >= 4 is 17.0 Å². The Labute approximate surface area is 172 Å². The molecule has 1 aliphatic carbocycles. The quantitative estimate of drug-likeness (QED) is 0.614. The van der Waals surface area contributed by atoms with Crippen molar-refractivity contribution in [2.45, 2.75) is 31.5 Å². The second kappa shape index (κ2) is 6.49. The number of benzene rings is 1. The second-order valence-electron chi connectivity index (χ2n) is 7.75. The molecule has 3 aromatic rings. The number of aryl methyl sites for hydroxylation is 1. The van der Waals surface area contributed by atoms with Crippen LogP contribution in [0.5, 0.6) is 5.75 Å². The van der Waals surface area contributed by atoms with E-state index in [0.717, 1.165) is 17.5 Å². The van der Waals surface area contributed by atoms with Crippen molar-refractivity contribution in [1.82, 2.24) is 19.7 Å². The maximum absolute atomic E-state index is 14.6. The molecule has 2 aliphatic rings. The van der Waals surface area contributed by atoms with E-state index < -0.39 is 34.8 Å². The fraction of sp³-hybridized carbons (Fsp3) is 0.421. The zero-order valence-electron chi connectivity index (χ0n) is 16.2. The van der Waals surface area contributed by atoms with Crippen LogP contribution in [-0.4, -0.2) is 50.2 Å². The third kappa shape index (κ3) is 2.99. The van der Waals surface area contributed by atoms with Crippen molar-refractivity contribution in [1.29, 1.82) is 0 Å². The smallest absolute Gasteiger partial charge is 0.419 e. The molecule has 1 aliphatic heterocycles. The number of aromatic nitrogens is 4. The SMILES string of the molecule is Cc1nn(-c2cc(C(F)(F)F)c(F)c(O)c2F)c2cnc(N3CCOCC34CC4)nc12. The fourth-order valence-corrected chi connectivity index (χ4v) is 3.93. The molecule has 1 saturated heterocycles. The first kappa shape index (κ1) is 19.9. The Morgan fingerprint density at radius 2 is 1.94 bits per heavy atom. The van der Waals surface area contributed by atoms with Crippen LogP contribution in [-0.2, 0) is 10.9 Å². The maximum Gasteiger partial charge on any atom is 0.419 e. The number of aromatic hydroxyl groups is 1. The number of nitrogens with zero attached hydrogens (tertiary/aromatic N) is 5. The number of fused-ring (bicyclic) bond motifs is 1. The summed E-state index contributed by atoms with van der Waals surface area (Å²) in [5.41, 5.74) is -1.96. The summed E-state index contributed by atoms with van der Waals surface area (Å²) in [6, 6.07) is 0.269. The fourth-order valence-electron chi connectivity index (χ4n) is 3.93. The third-order valence-electron chi connectivity index (χ3n) is 5.74. The van der Waals surface area contributed by atoms with E-state index in [2.05, 4.69) is 15.1 Å². The van der Waals surface area contributed by atoms with Gasteiger partial charge in [-0.2, -0.15) is 18.3 Å². The average Bonchev–Trinajstić information content (AvgIpc) is 3.41. The van der Waals surface area contributed by atoms with Gasteiger partial charge in [0.15, 0.2) is 17.4 Å². The number of phenols is 1. The molecule has 0 radical (unpaired) electrons. The first-order chi connectivity index (χ1) is 14.6. The molecule has 2 aromatic heterocycles. The van der Waals surface area contributed by atoms with Crippen molar-refractivity contribution < 1.29 is 31.8 Å². The molecule has 2 fully saturated rings. The van der Waals surface area contributed by atoms with E-state index >= 15 is 0 Å². The van der Waals surface area contributed by atoms with Crippen LogP contribution in [0.4, 0.5) is 27.9 Å². The molecule has 0 bridgehead atoms. The molecule has 0 atom stereocenters. The summed E-state index contributed by atoms with van der Waals surface area (Å²) >= 11 is 0. The number of anilines is 1. The van der Waals surface area contributed by atoms with E-state index in [0.29, 0.717) is 36.9 Å². The van der Waals surface area contributed by atoms with Crippen LogP contribution in [0.15, 0.2) is 12.3 Å². The maximum atomic E-state index is 14.6. The van der Waals surface area contributed by atoms with Gasteiger partial charge in [0.05, 0.1) is 36.2 Å². The molecule has 5 rings (SSSR count). The highest BCUT2D eigenvalue weighted by Gasteiger charge is 2.51. The highest BCUT2D eigenvalue weighted by atomic mass is 19.4. The standard InChI is InChI=1S/C19H16F5N5O2/c1-9-15-12(7-25-17(26-15)28-4-5-31-8-18(28)2-3-18)29(27-9)11-6-10(19(22,23)24)13(20)16(30)14(11)21/h6-7,30H,2-5,8H2,1H3. The van der Waals surface area contributed by atoms with Crippen LogP contribution >= 0.6 is 0 Å². The van der Waals surface area contributed by atoms with Gasteiger partial charge in [-0.1, -0.05) is 0 Å². The van der Waals surface area contributed by atoms with E-state index in [-0.39, 0.29) is 17.1 Å². The lowest BCUT2D eigenvalue weighted by molar-refractivity contribution is -0.140. The molecule has 0 unspecified atom stereocenters. The van der Waals surface area contributed by atoms with Gasteiger partial charge < -0.3 is 14.7 Å². The molecule has 0 amide bonds. The van der Waals surface area contributed by atoms with Gasteiger partial charge in [-0.15, -0.1) is 0 Å². The molecule has 164 valence electrons. The summed E-state index contributed by atoms with van der Waals surface area (Å²) in [6.07, 6.45) is -1.93. The van der Waals surface area contributed by atoms with E-state index in [1.165, 1.54) is 6.20 Å². The lowest BCUT2D eigenvalue weighted by atomic mass is 10.1. The Morgan fingerprint density at radius 3 is 2.61 bits per heavy atom. The second-order valence-corrected chi connectivity index (χ2v) is 7.75. The number of hydrogen-bond acceptors (Lipinski definition) is 6. The number of halogens is 5. The predicted molar refractivity (Wildman–Crippen MR) is 98.1 cm³/mol. The Bertz CT molecular complexity index is 1200. The van der Waals surface area contributed by atoms with Gasteiger partial charge in [-0.05, 0) is 25.8 Å².